The molecule has 0 aliphatic carbocycles. The third-order valence-electron chi connectivity index (χ3n) is 4.87. The van der Waals surface area contributed by atoms with Crippen LogP contribution < -0.4 is 16.6 Å². The molecule has 9 heteroatoms. The van der Waals surface area contributed by atoms with E-state index in [1.807, 2.05) is 0 Å². The third kappa shape index (κ3) is 4.31. The molecule has 1 aromatic heterocycles. The lowest BCUT2D eigenvalue weighted by Crippen LogP contribution is -2.42. The normalized spacial score (nSPS) is 11.0. The zero-order valence-corrected chi connectivity index (χ0v) is 17.3. The molecular formula is C23H16ClF2N3O3. The maximum atomic E-state index is 13.9. The lowest BCUT2D eigenvalue weighted by Gasteiger charge is -2.14. The minimum atomic E-state index is -0.943. The summed E-state index contributed by atoms with van der Waals surface area (Å²) in [6, 6.07) is 15.9. The SMILES string of the molecule is O=C(Cn1c(=O)n(Cc2cccc(Cl)c2)c(=O)c2ccccc21)Nc1ccc(F)cc1F. The predicted molar refractivity (Wildman–Crippen MR) is 118 cm³/mol. The number of carbonyl (C=O) groups is 1. The van der Waals surface area contributed by atoms with Crippen LogP contribution in [-0.4, -0.2) is 15.0 Å². The van der Waals surface area contributed by atoms with Crippen LogP contribution in [0.15, 0.2) is 76.3 Å². The van der Waals surface area contributed by atoms with Gasteiger partial charge in [-0.2, -0.15) is 0 Å². The average molecular weight is 456 g/mol. The monoisotopic (exact) mass is 455 g/mol. The second-order valence-electron chi connectivity index (χ2n) is 7.08. The van der Waals surface area contributed by atoms with Gasteiger partial charge in [-0.25, -0.2) is 13.6 Å². The van der Waals surface area contributed by atoms with Crippen molar-refractivity contribution < 1.29 is 13.6 Å². The van der Waals surface area contributed by atoms with Crippen LogP contribution in [0.3, 0.4) is 0 Å². The van der Waals surface area contributed by atoms with Gasteiger partial charge in [0.25, 0.3) is 5.56 Å². The molecule has 0 saturated carbocycles. The number of amides is 1. The number of carbonyl (C=O) groups excluding carboxylic acids is 1. The molecular weight excluding hydrogens is 440 g/mol. The van der Waals surface area contributed by atoms with E-state index in [-0.39, 0.29) is 23.1 Å². The van der Waals surface area contributed by atoms with Crippen LogP contribution in [0.5, 0.6) is 0 Å². The van der Waals surface area contributed by atoms with Gasteiger partial charge < -0.3 is 5.32 Å². The second kappa shape index (κ2) is 8.76. The molecule has 0 bridgehead atoms. The number of fused-ring (bicyclic) bond motifs is 1. The number of hydrogen-bond donors (Lipinski definition) is 1. The number of para-hydroxylation sites is 1. The summed E-state index contributed by atoms with van der Waals surface area (Å²) in [5, 5.41) is 3.03. The van der Waals surface area contributed by atoms with Gasteiger partial charge in [-0.15, -0.1) is 0 Å². The summed E-state index contributed by atoms with van der Waals surface area (Å²) in [5.41, 5.74) is -0.535. The minimum Gasteiger partial charge on any atom is -0.322 e. The highest BCUT2D eigenvalue weighted by Crippen LogP contribution is 2.16. The zero-order chi connectivity index (χ0) is 22.8. The van der Waals surface area contributed by atoms with Crippen molar-refractivity contribution in [1.82, 2.24) is 9.13 Å². The fourth-order valence-electron chi connectivity index (χ4n) is 3.41. The predicted octanol–water partition coefficient (Wildman–Crippen LogP) is 3.78. The van der Waals surface area contributed by atoms with Gasteiger partial charge in [0.05, 0.1) is 23.1 Å². The molecule has 0 fully saturated rings. The molecule has 0 aliphatic rings. The fraction of sp³-hybridized carbons (Fsp3) is 0.0870. The maximum Gasteiger partial charge on any atom is 0.332 e. The van der Waals surface area contributed by atoms with Crippen LogP contribution in [0.25, 0.3) is 10.9 Å². The highest BCUT2D eigenvalue weighted by Gasteiger charge is 2.16. The number of nitrogens with one attached hydrogen (secondary N) is 1. The summed E-state index contributed by atoms with van der Waals surface area (Å²) in [5.74, 6) is -2.44. The van der Waals surface area contributed by atoms with Crippen LogP contribution in [0.4, 0.5) is 14.5 Å². The van der Waals surface area contributed by atoms with Crippen molar-refractivity contribution in [3.8, 4) is 0 Å². The van der Waals surface area contributed by atoms with Crippen molar-refractivity contribution in [2.45, 2.75) is 13.1 Å². The molecule has 32 heavy (non-hydrogen) atoms. The topological polar surface area (TPSA) is 73.1 Å². The second-order valence-corrected chi connectivity index (χ2v) is 7.52. The Morgan fingerprint density at radius 1 is 0.938 bits per heavy atom. The van der Waals surface area contributed by atoms with Gasteiger partial charge in [-0.3, -0.25) is 18.7 Å². The van der Waals surface area contributed by atoms with Gasteiger partial charge in [0.2, 0.25) is 5.91 Å². The number of rotatable bonds is 5. The first-order valence-corrected chi connectivity index (χ1v) is 9.93. The number of nitrogens with zero attached hydrogens (tertiary/aromatic N) is 2. The Morgan fingerprint density at radius 2 is 1.72 bits per heavy atom. The van der Waals surface area contributed by atoms with Gasteiger partial charge >= 0.3 is 5.69 Å². The van der Waals surface area contributed by atoms with E-state index >= 15 is 0 Å². The molecule has 162 valence electrons. The summed E-state index contributed by atoms with van der Waals surface area (Å²) in [4.78, 5) is 38.7. The summed E-state index contributed by atoms with van der Waals surface area (Å²) in [6.07, 6.45) is 0. The van der Waals surface area contributed by atoms with E-state index in [1.54, 1.807) is 48.5 Å². The molecule has 1 N–H and O–H groups in total. The summed E-state index contributed by atoms with van der Waals surface area (Å²) >= 11 is 6.01. The largest absolute Gasteiger partial charge is 0.332 e. The molecule has 0 unspecified atom stereocenters. The van der Waals surface area contributed by atoms with Crippen LogP contribution in [-0.2, 0) is 17.9 Å². The molecule has 4 aromatic rings. The van der Waals surface area contributed by atoms with Crippen LogP contribution >= 0.6 is 11.6 Å². The molecule has 1 heterocycles. The molecule has 1 amide bonds. The zero-order valence-electron chi connectivity index (χ0n) is 16.5. The first kappa shape index (κ1) is 21.5. The van der Waals surface area contributed by atoms with Crippen molar-refractivity contribution in [2.24, 2.45) is 0 Å². The third-order valence-corrected chi connectivity index (χ3v) is 5.10. The Hall–Kier alpha value is -3.78. The van der Waals surface area contributed by atoms with E-state index in [4.69, 9.17) is 11.6 Å². The van der Waals surface area contributed by atoms with Crippen molar-refractivity contribution in [1.29, 1.82) is 0 Å². The number of benzene rings is 3. The van der Waals surface area contributed by atoms with Crippen molar-refractivity contribution in [3.05, 3.63) is 110 Å². The molecule has 0 atom stereocenters. The highest BCUT2D eigenvalue weighted by molar-refractivity contribution is 6.30. The molecule has 0 saturated heterocycles. The smallest absolute Gasteiger partial charge is 0.322 e. The molecule has 0 aliphatic heterocycles. The lowest BCUT2D eigenvalue weighted by atomic mass is 10.2. The Kier molecular flexibility index (Phi) is 5.87. The Bertz CT molecular complexity index is 1460. The van der Waals surface area contributed by atoms with E-state index in [0.29, 0.717) is 16.7 Å². The van der Waals surface area contributed by atoms with E-state index in [9.17, 15) is 23.2 Å². The van der Waals surface area contributed by atoms with E-state index < -0.39 is 35.3 Å². The summed E-state index contributed by atoms with van der Waals surface area (Å²) in [6.45, 7) is -0.525. The standard InChI is InChI=1S/C23H16ClF2N3O3/c24-15-5-3-4-14(10-15)12-29-22(31)17-6-1-2-7-20(17)28(23(29)32)13-21(30)27-19-9-8-16(25)11-18(19)26/h1-11H,12-13H2,(H,27,30). The van der Waals surface area contributed by atoms with Crippen LogP contribution in [0, 0.1) is 11.6 Å². The van der Waals surface area contributed by atoms with Gasteiger partial charge in [-0.05, 0) is 42.0 Å². The quantitative estimate of drug-likeness (QED) is 0.497. The summed E-state index contributed by atoms with van der Waals surface area (Å²) in [7, 11) is 0. The van der Waals surface area contributed by atoms with Gasteiger partial charge in [0.1, 0.15) is 18.2 Å². The van der Waals surface area contributed by atoms with Gasteiger partial charge in [-0.1, -0.05) is 35.9 Å². The van der Waals surface area contributed by atoms with Crippen molar-refractivity contribution >= 4 is 34.1 Å². The Labute approximate surface area is 185 Å². The average Bonchev–Trinajstić information content (AvgIpc) is 2.76. The first-order chi connectivity index (χ1) is 15.3. The van der Waals surface area contributed by atoms with Crippen molar-refractivity contribution in [2.75, 3.05) is 5.32 Å². The van der Waals surface area contributed by atoms with Gasteiger partial charge in [0.15, 0.2) is 0 Å². The Balaban J connectivity index is 1.75. The Morgan fingerprint density at radius 3 is 2.47 bits per heavy atom. The minimum absolute atomic E-state index is 0.0444. The number of halogens is 3. The lowest BCUT2D eigenvalue weighted by molar-refractivity contribution is -0.116. The number of aromatic nitrogens is 2. The molecule has 6 nitrogen and oxygen atoms in total. The van der Waals surface area contributed by atoms with Crippen molar-refractivity contribution in [3.63, 3.8) is 0 Å². The van der Waals surface area contributed by atoms with Crippen LogP contribution in [0.1, 0.15) is 5.56 Å². The van der Waals surface area contributed by atoms with E-state index in [2.05, 4.69) is 5.32 Å². The molecule has 0 spiro atoms. The highest BCUT2D eigenvalue weighted by atomic mass is 35.5. The molecule has 3 aromatic carbocycles. The van der Waals surface area contributed by atoms with E-state index in [1.165, 1.54) is 0 Å². The number of anilines is 1. The van der Waals surface area contributed by atoms with E-state index in [0.717, 1.165) is 21.3 Å². The maximum absolute atomic E-state index is 13.9. The molecule has 4 rings (SSSR count). The summed E-state index contributed by atoms with van der Waals surface area (Å²) < 4.78 is 29.2. The van der Waals surface area contributed by atoms with Gasteiger partial charge in [0, 0.05) is 11.1 Å². The van der Waals surface area contributed by atoms with Crippen LogP contribution in [0.2, 0.25) is 5.02 Å². The molecule has 0 radical (unpaired) electrons. The number of hydrogen-bond acceptors (Lipinski definition) is 3. The first-order valence-electron chi connectivity index (χ1n) is 9.55. The fourth-order valence-corrected chi connectivity index (χ4v) is 3.62.